The van der Waals surface area contributed by atoms with E-state index in [0.29, 0.717) is 9.13 Å². The molecule has 0 saturated heterocycles. The van der Waals surface area contributed by atoms with Crippen LogP contribution in [0.2, 0.25) is 0 Å². The van der Waals surface area contributed by atoms with Crippen LogP contribution in [0.15, 0.2) is 12.1 Å². The van der Waals surface area contributed by atoms with Gasteiger partial charge in [0.1, 0.15) is 5.56 Å². The van der Waals surface area contributed by atoms with Gasteiger partial charge in [-0.2, -0.15) is 0 Å². The molecule has 1 aromatic rings. The molecule has 0 N–H and O–H groups in total. The van der Waals surface area contributed by atoms with E-state index in [4.69, 9.17) is 5.39 Å². The van der Waals surface area contributed by atoms with Crippen LogP contribution in [0.5, 0.6) is 0 Å². The molecule has 0 fully saturated rings. The van der Waals surface area contributed by atoms with E-state index in [1.165, 1.54) is 6.07 Å². The predicted octanol–water partition coefficient (Wildman–Crippen LogP) is 2.99. The van der Waals surface area contributed by atoms with E-state index in [0.717, 1.165) is 0 Å². The average molecular weight is 290 g/mol. The van der Waals surface area contributed by atoms with Crippen molar-refractivity contribution in [2.45, 2.75) is 6.92 Å². The zero-order valence-electron chi connectivity index (χ0n) is 6.69. The summed E-state index contributed by atoms with van der Waals surface area (Å²) in [5.74, 6) is 0. The van der Waals surface area contributed by atoms with E-state index in [1.807, 2.05) is 22.6 Å². The summed E-state index contributed by atoms with van der Waals surface area (Å²) < 4.78 is 0.669. The topological polar surface area (TPSA) is 71.3 Å². The summed E-state index contributed by atoms with van der Waals surface area (Å²) >= 11 is 1.93. The second kappa shape index (κ2) is 3.66. The molecule has 66 valence electrons. The molecule has 5 nitrogen and oxygen atoms in total. The van der Waals surface area contributed by atoms with Crippen LogP contribution in [0, 0.1) is 26.0 Å². The third-order valence-corrected chi connectivity index (χ3v) is 2.24. The summed E-state index contributed by atoms with van der Waals surface area (Å²) in [6, 6.07) is 3.01. The molecule has 0 unspecified atom stereocenters. The van der Waals surface area contributed by atoms with Gasteiger partial charge in [0.25, 0.3) is 5.69 Å². The highest BCUT2D eigenvalue weighted by Crippen LogP contribution is 2.30. The summed E-state index contributed by atoms with van der Waals surface area (Å²) in [6.07, 6.45) is 0. The first kappa shape index (κ1) is 9.85. The zero-order valence-corrected chi connectivity index (χ0v) is 8.85. The maximum absolute atomic E-state index is 10.5. The van der Waals surface area contributed by atoms with Crippen LogP contribution in [0.1, 0.15) is 5.56 Å². The third kappa shape index (κ3) is 1.92. The van der Waals surface area contributed by atoms with Gasteiger partial charge in [-0.05, 0) is 29.5 Å². The molecule has 6 heteroatoms. The van der Waals surface area contributed by atoms with Crippen LogP contribution < -0.4 is 0 Å². The van der Waals surface area contributed by atoms with Crippen molar-refractivity contribution < 1.29 is 4.92 Å². The van der Waals surface area contributed by atoms with Crippen molar-refractivity contribution in [3.63, 3.8) is 0 Å². The van der Waals surface area contributed by atoms with Gasteiger partial charge in [0.05, 0.1) is 4.92 Å². The van der Waals surface area contributed by atoms with Gasteiger partial charge in [-0.25, -0.2) is 0 Å². The zero-order chi connectivity index (χ0) is 10.0. The van der Waals surface area contributed by atoms with Crippen LogP contribution in [0.25, 0.3) is 4.98 Å². The lowest BCUT2D eigenvalue weighted by molar-refractivity contribution is -0.385. The lowest BCUT2D eigenvalue weighted by atomic mass is 10.2. The third-order valence-electron chi connectivity index (χ3n) is 1.62. The van der Waals surface area contributed by atoms with Crippen molar-refractivity contribution in [1.82, 2.24) is 0 Å². The van der Waals surface area contributed by atoms with E-state index < -0.39 is 4.92 Å². The first-order chi connectivity index (χ1) is 6.06. The smallest absolute Gasteiger partial charge is 0.258 e. The number of benzene rings is 1. The molecule has 0 aliphatic carbocycles. The van der Waals surface area contributed by atoms with Gasteiger partial charge in [0.15, 0.2) is 4.98 Å². The van der Waals surface area contributed by atoms with E-state index in [2.05, 4.69) is 4.98 Å². The minimum absolute atomic E-state index is 0.0281. The Labute approximate surface area is 87.7 Å². The molecule has 0 aliphatic rings. The van der Waals surface area contributed by atoms with E-state index in [-0.39, 0.29) is 11.4 Å². The SMILES string of the molecule is Cc1c([N+]#N)cc(I)cc1[N+](=O)[O-]. The van der Waals surface area contributed by atoms with Crippen LogP contribution >= 0.6 is 22.6 Å². The second-order valence-electron chi connectivity index (χ2n) is 2.43. The quantitative estimate of drug-likeness (QED) is 0.345. The number of nitrogens with zero attached hydrogens (tertiary/aromatic N) is 3. The van der Waals surface area contributed by atoms with Gasteiger partial charge in [-0.1, -0.05) is 0 Å². The highest BCUT2D eigenvalue weighted by molar-refractivity contribution is 14.1. The molecular weight excluding hydrogens is 285 g/mol. The minimum Gasteiger partial charge on any atom is -0.258 e. The first-order valence-electron chi connectivity index (χ1n) is 3.36. The summed E-state index contributed by atoms with van der Waals surface area (Å²) in [4.78, 5) is 13.0. The Morgan fingerprint density at radius 3 is 2.69 bits per heavy atom. The molecule has 13 heavy (non-hydrogen) atoms. The Morgan fingerprint density at radius 2 is 2.23 bits per heavy atom. The van der Waals surface area contributed by atoms with Crippen molar-refractivity contribution in [1.29, 1.82) is 5.39 Å². The van der Waals surface area contributed by atoms with E-state index >= 15 is 0 Å². The summed E-state index contributed by atoms with van der Waals surface area (Å²) in [5, 5.41) is 19.1. The van der Waals surface area contributed by atoms with Crippen molar-refractivity contribution in [2.24, 2.45) is 0 Å². The van der Waals surface area contributed by atoms with Gasteiger partial charge in [-0.15, -0.1) is 0 Å². The maximum atomic E-state index is 10.5. The molecule has 0 saturated carbocycles. The van der Waals surface area contributed by atoms with Gasteiger partial charge in [0, 0.05) is 15.7 Å². The Morgan fingerprint density at radius 1 is 1.62 bits per heavy atom. The number of diazo groups is 1. The Hall–Kier alpha value is -1.23. The normalized spacial score (nSPS) is 9.31. The van der Waals surface area contributed by atoms with Crippen molar-refractivity contribution in [3.8, 4) is 0 Å². The standard InChI is InChI=1S/C7H5IN3O2/c1-4-6(10-9)2-5(8)3-7(4)11(12)13/h2-3H,1H3/q+1. The van der Waals surface area contributed by atoms with Gasteiger partial charge in [0.2, 0.25) is 5.39 Å². The monoisotopic (exact) mass is 290 g/mol. The summed E-state index contributed by atoms with van der Waals surface area (Å²) in [5.41, 5.74) is 0.575. The number of hydrogen-bond donors (Lipinski definition) is 0. The maximum Gasteiger partial charge on any atom is 0.395 e. The molecule has 0 spiro atoms. The van der Waals surface area contributed by atoms with Crippen molar-refractivity contribution in [2.75, 3.05) is 0 Å². The van der Waals surface area contributed by atoms with Gasteiger partial charge >= 0.3 is 5.69 Å². The Bertz CT molecular complexity index is 411. The fourth-order valence-corrected chi connectivity index (χ4v) is 1.53. The molecule has 1 rings (SSSR count). The second-order valence-corrected chi connectivity index (χ2v) is 3.67. The number of rotatable bonds is 1. The van der Waals surface area contributed by atoms with Crippen molar-refractivity contribution in [3.05, 3.63) is 36.4 Å². The Balaban J connectivity index is 3.47. The summed E-state index contributed by atoms with van der Waals surface area (Å²) in [7, 11) is 0. The predicted molar refractivity (Wildman–Crippen MR) is 55.3 cm³/mol. The van der Waals surface area contributed by atoms with Crippen molar-refractivity contribution >= 4 is 34.0 Å². The van der Waals surface area contributed by atoms with Crippen LogP contribution in [-0.4, -0.2) is 4.92 Å². The fraction of sp³-hybridized carbons (Fsp3) is 0.143. The molecule has 0 aliphatic heterocycles. The highest BCUT2D eigenvalue weighted by Gasteiger charge is 2.22. The molecule has 0 aromatic heterocycles. The highest BCUT2D eigenvalue weighted by atomic mass is 127. The van der Waals surface area contributed by atoms with Crippen LogP contribution in [0.4, 0.5) is 11.4 Å². The molecule has 1 aromatic carbocycles. The molecule has 0 radical (unpaired) electrons. The van der Waals surface area contributed by atoms with E-state index in [9.17, 15) is 10.1 Å². The molecule has 0 atom stereocenters. The summed E-state index contributed by atoms with van der Waals surface area (Å²) in [6.45, 7) is 1.54. The van der Waals surface area contributed by atoms with E-state index in [1.54, 1.807) is 13.0 Å². The number of nitro groups is 1. The number of halogens is 1. The average Bonchev–Trinajstić information content (AvgIpc) is 2.08. The molecule has 0 heterocycles. The van der Waals surface area contributed by atoms with Gasteiger partial charge in [-0.3, -0.25) is 10.1 Å². The van der Waals surface area contributed by atoms with Crippen LogP contribution in [0.3, 0.4) is 0 Å². The number of nitro benzene ring substituents is 1. The Kier molecular flexibility index (Phi) is 2.77. The minimum atomic E-state index is -0.494. The first-order valence-corrected chi connectivity index (χ1v) is 4.43. The lowest BCUT2D eigenvalue weighted by Crippen LogP contribution is -1.92. The molecule has 0 amide bonds. The fourth-order valence-electron chi connectivity index (χ4n) is 0.944. The molecular formula is C7H5IN3O2+. The van der Waals surface area contributed by atoms with Gasteiger partial charge < -0.3 is 0 Å². The molecule has 0 bridgehead atoms. The largest absolute Gasteiger partial charge is 0.395 e. The van der Waals surface area contributed by atoms with Crippen LogP contribution in [-0.2, 0) is 0 Å². The number of hydrogen-bond acceptors (Lipinski definition) is 3. The lowest BCUT2D eigenvalue weighted by Gasteiger charge is -1.93.